The van der Waals surface area contributed by atoms with Gasteiger partial charge >= 0.3 is 0 Å². The molecular weight excluding hydrogens is 308 g/mol. The van der Waals surface area contributed by atoms with Crippen LogP contribution in [0.3, 0.4) is 0 Å². The van der Waals surface area contributed by atoms with Crippen molar-refractivity contribution in [3.63, 3.8) is 0 Å². The lowest BCUT2D eigenvalue weighted by atomic mass is 10.1. The number of hydrogen-bond acceptors (Lipinski definition) is 6. The molecule has 0 spiro atoms. The predicted molar refractivity (Wildman–Crippen MR) is 94.6 cm³/mol. The Morgan fingerprint density at radius 2 is 1.83 bits per heavy atom. The lowest BCUT2D eigenvalue weighted by Gasteiger charge is -2.36. The van der Waals surface area contributed by atoms with E-state index in [0.717, 1.165) is 19.5 Å². The predicted octanol–water partition coefficient (Wildman–Crippen LogP) is -0.153. The topological polar surface area (TPSA) is 73.0 Å². The van der Waals surface area contributed by atoms with Crippen LogP contribution in [0.2, 0.25) is 0 Å². The van der Waals surface area contributed by atoms with Crippen LogP contribution in [0.4, 0.5) is 11.4 Å². The first-order valence-electron chi connectivity index (χ1n) is 8.84. The van der Waals surface area contributed by atoms with Gasteiger partial charge in [0.25, 0.3) is 10.9 Å². The summed E-state index contributed by atoms with van der Waals surface area (Å²) in [6, 6.07) is 0.432. The second kappa shape index (κ2) is 6.93. The monoisotopic (exact) mass is 334 g/mol. The van der Waals surface area contributed by atoms with Gasteiger partial charge in [-0.3, -0.25) is 19.3 Å². The lowest BCUT2D eigenvalue weighted by Crippen LogP contribution is -2.52. The maximum Gasteiger partial charge on any atom is 0.253 e. The van der Waals surface area contributed by atoms with Crippen molar-refractivity contribution in [1.82, 2.24) is 9.80 Å². The summed E-state index contributed by atoms with van der Waals surface area (Å²) in [4.78, 5) is 41.5. The molecule has 1 N–H and O–H groups in total. The Hall–Kier alpha value is -1.89. The molecule has 1 aromatic carbocycles. The summed E-state index contributed by atoms with van der Waals surface area (Å²) < 4.78 is 0. The van der Waals surface area contributed by atoms with E-state index in [2.05, 4.69) is 17.1 Å². The number of nitrogens with one attached hydrogen (secondary N) is 1. The second-order valence-electron chi connectivity index (χ2n) is 6.68. The summed E-state index contributed by atoms with van der Waals surface area (Å²) >= 11 is 0. The summed E-state index contributed by atoms with van der Waals surface area (Å²) in [6.45, 7) is 8.93. The second-order valence-corrected chi connectivity index (χ2v) is 6.68. The third-order valence-corrected chi connectivity index (χ3v) is 5.35. The molecule has 3 rings (SSSR count). The molecular formula is C17H26N4O3. The highest BCUT2D eigenvalue weighted by atomic mass is 16.2. The average molecular weight is 334 g/mol. The molecule has 0 aliphatic carbocycles. The summed E-state index contributed by atoms with van der Waals surface area (Å²) in [6.07, 6.45) is 2.31. The number of piperazine rings is 1. The van der Waals surface area contributed by atoms with Crippen molar-refractivity contribution < 1.29 is 4.79 Å². The zero-order chi connectivity index (χ0) is 17.3. The quantitative estimate of drug-likeness (QED) is 0.755. The molecule has 2 aliphatic heterocycles. The number of likely N-dealkylation sites (N-methyl/N-ethyl adjacent to an activating group) is 1. The van der Waals surface area contributed by atoms with E-state index < -0.39 is 10.9 Å². The van der Waals surface area contributed by atoms with Crippen LogP contribution in [0.25, 0.3) is 0 Å². The fourth-order valence-corrected chi connectivity index (χ4v) is 3.85. The molecule has 132 valence electrons. The molecule has 0 aromatic heterocycles. The molecule has 1 aromatic rings. The van der Waals surface area contributed by atoms with Gasteiger partial charge in [-0.1, -0.05) is 6.92 Å². The number of likely N-dealkylation sites (tertiary alicyclic amines) is 1. The largest absolute Gasteiger partial charge is 0.378 e. The van der Waals surface area contributed by atoms with Crippen molar-refractivity contribution in [2.45, 2.75) is 32.7 Å². The summed E-state index contributed by atoms with van der Waals surface area (Å²) in [5, 5.41) is 3.23. The Morgan fingerprint density at radius 3 is 2.46 bits per heavy atom. The molecule has 24 heavy (non-hydrogen) atoms. The van der Waals surface area contributed by atoms with Crippen LogP contribution in [0.1, 0.15) is 26.7 Å². The molecule has 1 amide bonds. The molecule has 0 saturated carbocycles. The standard InChI is InChI=1S/C17H26N4O3/c1-3-19-6-4-5-13(19)11-18-14-15(17(24)16(14)23)21-9-7-20(8-10-21)12(2)22/h13,18H,3-11H2,1-2H3/t13-/m0/s1. The maximum atomic E-state index is 12.0. The highest BCUT2D eigenvalue weighted by Crippen LogP contribution is 2.23. The molecule has 0 bridgehead atoms. The van der Waals surface area contributed by atoms with Crippen molar-refractivity contribution in [3.05, 3.63) is 20.4 Å². The van der Waals surface area contributed by atoms with Crippen molar-refractivity contribution >= 4 is 17.3 Å². The van der Waals surface area contributed by atoms with E-state index in [0.29, 0.717) is 50.1 Å². The highest BCUT2D eigenvalue weighted by molar-refractivity contribution is 5.77. The normalized spacial score (nSPS) is 22.3. The van der Waals surface area contributed by atoms with Gasteiger partial charge in [0.15, 0.2) is 0 Å². The molecule has 0 radical (unpaired) electrons. The minimum atomic E-state index is -0.403. The van der Waals surface area contributed by atoms with Crippen LogP contribution < -0.4 is 21.1 Å². The zero-order valence-corrected chi connectivity index (χ0v) is 14.5. The van der Waals surface area contributed by atoms with Crippen LogP contribution in [-0.2, 0) is 4.79 Å². The third kappa shape index (κ3) is 3.05. The van der Waals surface area contributed by atoms with Gasteiger partial charge in [-0.15, -0.1) is 0 Å². The summed E-state index contributed by atoms with van der Waals surface area (Å²) in [7, 11) is 0. The van der Waals surface area contributed by atoms with E-state index in [-0.39, 0.29) is 5.91 Å². The number of carbonyl (C=O) groups is 1. The van der Waals surface area contributed by atoms with E-state index in [1.54, 1.807) is 11.8 Å². The number of anilines is 2. The SMILES string of the molecule is CCN1CCC[C@H]1CNc1c(N2CCN(C(C)=O)CC2)c(=O)c1=O. The van der Waals surface area contributed by atoms with Gasteiger partial charge < -0.3 is 15.1 Å². The van der Waals surface area contributed by atoms with Gasteiger partial charge in [0.05, 0.1) is 0 Å². The number of hydrogen-bond donors (Lipinski definition) is 1. The van der Waals surface area contributed by atoms with Gasteiger partial charge in [-0.25, -0.2) is 0 Å². The van der Waals surface area contributed by atoms with Crippen LogP contribution in [0.5, 0.6) is 0 Å². The van der Waals surface area contributed by atoms with Crippen LogP contribution in [0.15, 0.2) is 9.59 Å². The van der Waals surface area contributed by atoms with Gasteiger partial charge in [0.1, 0.15) is 11.4 Å². The molecule has 1 atom stereocenters. The average Bonchev–Trinajstić information content (AvgIpc) is 3.05. The van der Waals surface area contributed by atoms with E-state index in [1.165, 1.54) is 6.42 Å². The molecule has 0 unspecified atom stereocenters. The Morgan fingerprint density at radius 1 is 1.12 bits per heavy atom. The first-order chi connectivity index (χ1) is 11.5. The number of rotatable bonds is 5. The summed E-state index contributed by atoms with van der Waals surface area (Å²) in [5.74, 6) is 0.0545. The lowest BCUT2D eigenvalue weighted by molar-refractivity contribution is -0.129. The van der Waals surface area contributed by atoms with E-state index >= 15 is 0 Å². The molecule has 7 nitrogen and oxygen atoms in total. The van der Waals surface area contributed by atoms with Gasteiger partial charge in [-0.2, -0.15) is 0 Å². The Balaban J connectivity index is 1.64. The van der Waals surface area contributed by atoms with E-state index in [4.69, 9.17) is 0 Å². The number of carbonyl (C=O) groups excluding carboxylic acids is 1. The van der Waals surface area contributed by atoms with Gasteiger partial charge in [-0.05, 0) is 25.9 Å². The van der Waals surface area contributed by atoms with Crippen LogP contribution in [-0.4, -0.2) is 67.6 Å². The minimum absolute atomic E-state index is 0.0545. The van der Waals surface area contributed by atoms with Crippen LogP contribution >= 0.6 is 0 Å². The number of nitrogens with zero attached hydrogens (tertiary/aromatic N) is 3. The summed E-state index contributed by atoms with van der Waals surface area (Å²) in [5.41, 5.74) is 0.191. The Labute approximate surface area is 141 Å². The number of amides is 1. The van der Waals surface area contributed by atoms with Crippen molar-refractivity contribution in [2.24, 2.45) is 0 Å². The Bertz CT molecular complexity index is 672. The fraction of sp³-hybridized carbons (Fsp3) is 0.706. The fourth-order valence-electron chi connectivity index (χ4n) is 3.85. The van der Waals surface area contributed by atoms with Crippen molar-refractivity contribution in [2.75, 3.05) is 56.0 Å². The third-order valence-electron chi connectivity index (χ3n) is 5.35. The molecule has 2 aliphatic rings. The molecule has 2 fully saturated rings. The van der Waals surface area contributed by atoms with Gasteiger partial charge in [0.2, 0.25) is 5.91 Å². The minimum Gasteiger partial charge on any atom is -0.378 e. The first kappa shape index (κ1) is 17.0. The van der Waals surface area contributed by atoms with E-state index in [9.17, 15) is 14.4 Å². The van der Waals surface area contributed by atoms with Crippen molar-refractivity contribution in [1.29, 1.82) is 0 Å². The first-order valence-corrected chi connectivity index (χ1v) is 8.84. The van der Waals surface area contributed by atoms with Crippen molar-refractivity contribution in [3.8, 4) is 0 Å². The van der Waals surface area contributed by atoms with Gasteiger partial charge in [0, 0.05) is 45.7 Å². The molecule has 7 heteroatoms. The van der Waals surface area contributed by atoms with Crippen LogP contribution in [0, 0.1) is 0 Å². The zero-order valence-electron chi connectivity index (χ0n) is 14.5. The van der Waals surface area contributed by atoms with E-state index in [1.807, 2.05) is 4.90 Å². The highest BCUT2D eigenvalue weighted by Gasteiger charge is 2.30. The maximum absolute atomic E-state index is 12.0. The molecule has 2 heterocycles. The smallest absolute Gasteiger partial charge is 0.253 e. The molecule has 2 saturated heterocycles. The Kier molecular flexibility index (Phi) is 4.89.